The van der Waals surface area contributed by atoms with E-state index in [0.29, 0.717) is 0 Å². The zero-order valence-electron chi connectivity index (χ0n) is 8.08. The number of hydrogen-bond acceptors (Lipinski definition) is 3. The molecule has 1 N–H and O–H groups in total. The first kappa shape index (κ1) is 10.7. The lowest BCUT2D eigenvalue weighted by Gasteiger charge is -2.01. The maximum absolute atomic E-state index is 4.96. The monoisotopic (exact) mass is 199 g/mol. The summed E-state index contributed by atoms with van der Waals surface area (Å²) in [5.41, 5.74) is 1.22. The largest absolute Gasteiger partial charge is 0.472 e. The fraction of sp³-hybridized carbons (Fsp3) is 0.600. The summed E-state index contributed by atoms with van der Waals surface area (Å²) in [6.45, 7) is 4.21. The molecule has 0 bridgehead atoms. The minimum absolute atomic E-state index is 0.920. The standard InChI is InChI=1S/C10H17NOS/c1-2-6-13-7-4-11-8-10-3-5-12-9-10/h3,5,9,11H,2,4,6-8H2,1H3. The molecular weight excluding hydrogens is 182 g/mol. The van der Waals surface area contributed by atoms with Crippen LogP contribution in [-0.4, -0.2) is 18.1 Å². The molecule has 0 aromatic carbocycles. The lowest BCUT2D eigenvalue weighted by molar-refractivity contribution is 0.561. The highest BCUT2D eigenvalue weighted by molar-refractivity contribution is 7.99. The van der Waals surface area contributed by atoms with Gasteiger partial charge in [0, 0.05) is 24.4 Å². The molecule has 0 unspecified atom stereocenters. The minimum Gasteiger partial charge on any atom is -0.472 e. The normalized spacial score (nSPS) is 10.5. The number of nitrogens with one attached hydrogen (secondary N) is 1. The summed E-state index contributed by atoms with van der Waals surface area (Å²) in [5, 5.41) is 3.37. The van der Waals surface area contributed by atoms with E-state index >= 15 is 0 Å². The average molecular weight is 199 g/mol. The highest BCUT2D eigenvalue weighted by Crippen LogP contribution is 2.01. The third-order valence-corrected chi connectivity index (χ3v) is 2.87. The van der Waals surface area contributed by atoms with E-state index in [1.807, 2.05) is 17.8 Å². The van der Waals surface area contributed by atoms with Gasteiger partial charge in [-0.3, -0.25) is 0 Å². The highest BCUT2D eigenvalue weighted by Gasteiger charge is 1.92. The van der Waals surface area contributed by atoms with Gasteiger partial charge in [0.2, 0.25) is 0 Å². The van der Waals surface area contributed by atoms with Crippen LogP contribution in [0.25, 0.3) is 0 Å². The molecule has 3 heteroatoms. The summed E-state index contributed by atoms with van der Waals surface area (Å²) >= 11 is 2.00. The molecule has 0 atom stereocenters. The van der Waals surface area contributed by atoms with Crippen molar-refractivity contribution >= 4 is 11.8 Å². The molecule has 1 aromatic rings. The van der Waals surface area contributed by atoms with Gasteiger partial charge < -0.3 is 9.73 Å². The Labute approximate surface area is 84.1 Å². The average Bonchev–Trinajstić information content (AvgIpc) is 2.63. The van der Waals surface area contributed by atoms with Crippen molar-refractivity contribution in [3.05, 3.63) is 24.2 Å². The van der Waals surface area contributed by atoms with Gasteiger partial charge in [-0.1, -0.05) is 6.92 Å². The third-order valence-electron chi connectivity index (χ3n) is 1.68. The first-order valence-electron chi connectivity index (χ1n) is 4.73. The fourth-order valence-corrected chi connectivity index (χ4v) is 1.80. The topological polar surface area (TPSA) is 25.2 Å². The summed E-state index contributed by atoms with van der Waals surface area (Å²) in [4.78, 5) is 0. The van der Waals surface area contributed by atoms with E-state index < -0.39 is 0 Å². The quantitative estimate of drug-likeness (QED) is 0.683. The second-order valence-corrected chi connectivity index (χ2v) is 4.15. The van der Waals surface area contributed by atoms with Crippen LogP contribution in [0.4, 0.5) is 0 Å². The van der Waals surface area contributed by atoms with Crippen LogP contribution < -0.4 is 5.32 Å². The van der Waals surface area contributed by atoms with E-state index in [0.717, 1.165) is 13.1 Å². The Bertz CT molecular complexity index is 199. The maximum Gasteiger partial charge on any atom is 0.0947 e. The van der Waals surface area contributed by atoms with Crippen molar-refractivity contribution in [2.75, 3.05) is 18.1 Å². The molecule has 0 amide bonds. The van der Waals surface area contributed by atoms with E-state index in [-0.39, 0.29) is 0 Å². The third kappa shape index (κ3) is 5.01. The molecule has 0 fully saturated rings. The fourth-order valence-electron chi connectivity index (χ4n) is 1.02. The molecule has 1 heterocycles. The van der Waals surface area contributed by atoms with Crippen LogP contribution in [0, 0.1) is 0 Å². The second kappa shape index (κ2) is 7.04. The van der Waals surface area contributed by atoms with Crippen LogP contribution in [0.15, 0.2) is 23.0 Å². The lowest BCUT2D eigenvalue weighted by atomic mass is 10.3. The van der Waals surface area contributed by atoms with Gasteiger partial charge in [0.25, 0.3) is 0 Å². The molecule has 0 aliphatic rings. The van der Waals surface area contributed by atoms with Crippen molar-refractivity contribution in [3.63, 3.8) is 0 Å². The van der Waals surface area contributed by atoms with Crippen LogP contribution in [0.5, 0.6) is 0 Å². The van der Waals surface area contributed by atoms with Gasteiger partial charge in [-0.05, 0) is 18.2 Å². The van der Waals surface area contributed by atoms with Gasteiger partial charge in [-0.15, -0.1) is 0 Å². The van der Waals surface area contributed by atoms with E-state index in [9.17, 15) is 0 Å². The van der Waals surface area contributed by atoms with E-state index in [1.54, 1.807) is 12.5 Å². The van der Waals surface area contributed by atoms with Crippen molar-refractivity contribution < 1.29 is 4.42 Å². The molecule has 0 radical (unpaired) electrons. The van der Waals surface area contributed by atoms with Gasteiger partial charge in [-0.25, -0.2) is 0 Å². The Morgan fingerprint density at radius 1 is 1.46 bits per heavy atom. The molecule has 0 spiro atoms. The molecule has 74 valence electrons. The van der Waals surface area contributed by atoms with Crippen LogP contribution in [0.1, 0.15) is 18.9 Å². The summed E-state index contributed by atoms with van der Waals surface area (Å²) in [6, 6.07) is 1.99. The highest BCUT2D eigenvalue weighted by atomic mass is 32.2. The first-order valence-corrected chi connectivity index (χ1v) is 5.88. The molecule has 1 aromatic heterocycles. The van der Waals surface area contributed by atoms with Gasteiger partial charge in [0.15, 0.2) is 0 Å². The van der Waals surface area contributed by atoms with Crippen molar-refractivity contribution in [1.82, 2.24) is 5.32 Å². The first-order chi connectivity index (χ1) is 6.43. The lowest BCUT2D eigenvalue weighted by Crippen LogP contribution is -2.16. The Morgan fingerprint density at radius 3 is 3.08 bits per heavy atom. The summed E-state index contributed by atoms with van der Waals surface area (Å²) in [6.07, 6.45) is 4.77. The summed E-state index contributed by atoms with van der Waals surface area (Å²) in [5.74, 6) is 2.47. The van der Waals surface area contributed by atoms with Gasteiger partial charge in [0.1, 0.15) is 0 Å². The second-order valence-electron chi connectivity index (χ2n) is 2.92. The zero-order chi connectivity index (χ0) is 9.36. The molecular formula is C10H17NOS. The number of thioether (sulfide) groups is 1. The predicted octanol–water partition coefficient (Wildman–Crippen LogP) is 2.51. The molecule has 13 heavy (non-hydrogen) atoms. The molecule has 2 nitrogen and oxygen atoms in total. The van der Waals surface area contributed by atoms with Crippen LogP contribution in [0.3, 0.4) is 0 Å². The number of furan rings is 1. The predicted molar refractivity (Wildman–Crippen MR) is 58.0 cm³/mol. The van der Waals surface area contributed by atoms with E-state index in [4.69, 9.17) is 4.42 Å². The van der Waals surface area contributed by atoms with E-state index in [2.05, 4.69) is 12.2 Å². The molecule has 0 saturated heterocycles. The Kier molecular flexibility index (Phi) is 5.78. The summed E-state index contributed by atoms with van der Waals surface area (Å²) < 4.78 is 4.96. The van der Waals surface area contributed by atoms with Crippen LogP contribution in [-0.2, 0) is 6.54 Å². The van der Waals surface area contributed by atoms with Gasteiger partial charge in [-0.2, -0.15) is 11.8 Å². The molecule has 0 saturated carbocycles. The SMILES string of the molecule is CCCSCCNCc1ccoc1. The molecule has 1 rings (SSSR count). The molecule has 0 aliphatic carbocycles. The Morgan fingerprint density at radius 2 is 2.38 bits per heavy atom. The number of rotatable bonds is 7. The number of hydrogen-bond donors (Lipinski definition) is 1. The van der Waals surface area contributed by atoms with Crippen molar-refractivity contribution in [2.24, 2.45) is 0 Å². The summed E-state index contributed by atoms with van der Waals surface area (Å²) in [7, 11) is 0. The van der Waals surface area contributed by atoms with Crippen molar-refractivity contribution in [2.45, 2.75) is 19.9 Å². The smallest absolute Gasteiger partial charge is 0.0947 e. The zero-order valence-corrected chi connectivity index (χ0v) is 8.90. The maximum atomic E-state index is 4.96. The Hall–Kier alpha value is -0.410. The minimum atomic E-state index is 0.920. The van der Waals surface area contributed by atoms with Crippen molar-refractivity contribution in [1.29, 1.82) is 0 Å². The van der Waals surface area contributed by atoms with Crippen LogP contribution >= 0.6 is 11.8 Å². The van der Waals surface area contributed by atoms with E-state index in [1.165, 1.54) is 23.5 Å². The van der Waals surface area contributed by atoms with Gasteiger partial charge in [0.05, 0.1) is 12.5 Å². The Balaban J connectivity index is 1.90. The van der Waals surface area contributed by atoms with Crippen LogP contribution in [0.2, 0.25) is 0 Å². The van der Waals surface area contributed by atoms with Crippen molar-refractivity contribution in [3.8, 4) is 0 Å². The molecule has 0 aliphatic heterocycles. The van der Waals surface area contributed by atoms with Gasteiger partial charge >= 0.3 is 0 Å².